The van der Waals surface area contributed by atoms with Crippen molar-refractivity contribution in [2.24, 2.45) is 0 Å². The summed E-state index contributed by atoms with van der Waals surface area (Å²) in [6.45, 7) is 0. The van der Waals surface area contributed by atoms with E-state index in [-0.39, 0.29) is 11.7 Å². The number of H-pyrrole nitrogens is 1. The predicted molar refractivity (Wildman–Crippen MR) is 143 cm³/mol. The molecule has 0 saturated carbocycles. The van der Waals surface area contributed by atoms with Crippen LogP contribution in [0.1, 0.15) is 21.5 Å². The van der Waals surface area contributed by atoms with Crippen LogP contribution in [-0.2, 0) is 10.5 Å². The summed E-state index contributed by atoms with van der Waals surface area (Å²) in [7, 11) is 0. The zero-order chi connectivity index (χ0) is 24.0. The Balaban J connectivity index is 1.23. The lowest BCUT2D eigenvalue weighted by Crippen LogP contribution is -2.14. The van der Waals surface area contributed by atoms with Gasteiger partial charge in [0.1, 0.15) is 5.82 Å². The van der Waals surface area contributed by atoms with Gasteiger partial charge >= 0.3 is 0 Å². The molecule has 0 saturated heterocycles. The predicted octanol–water partition coefficient (Wildman–Crippen LogP) is 6.33. The maximum Gasteiger partial charge on any atom is 0.234 e. The molecule has 6 heteroatoms. The van der Waals surface area contributed by atoms with Crippen molar-refractivity contribution in [3.8, 4) is 11.4 Å². The van der Waals surface area contributed by atoms with Crippen LogP contribution < -0.4 is 5.32 Å². The van der Waals surface area contributed by atoms with E-state index in [0.29, 0.717) is 22.7 Å². The average molecular weight is 478 g/mol. The second-order valence-electron chi connectivity index (χ2n) is 8.12. The molecular formula is C29H23N3O2S. The molecule has 1 amide bonds. The Bertz CT molecular complexity index is 1460. The highest BCUT2D eigenvalue weighted by molar-refractivity contribution is 7.99. The fourth-order valence-electron chi connectivity index (χ4n) is 3.79. The maximum absolute atomic E-state index is 12.8. The number of rotatable bonds is 8. The van der Waals surface area contributed by atoms with Crippen molar-refractivity contribution in [2.75, 3.05) is 11.1 Å². The quantitative estimate of drug-likeness (QED) is 0.256. The second-order valence-corrected chi connectivity index (χ2v) is 9.10. The van der Waals surface area contributed by atoms with Crippen molar-refractivity contribution in [3.63, 3.8) is 0 Å². The summed E-state index contributed by atoms with van der Waals surface area (Å²) in [5, 5.41) is 2.94. The zero-order valence-corrected chi connectivity index (χ0v) is 19.7. The van der Waals surface area contributed by atoms with Gasteiger partial charge in [-0.25, -0.2) is 4.98 Å². The molecule has 4 aromatic carbocycles. The number of imidazole rings is 1. The van der Waals surface area contributed by atoms with Crippen LogP contribution in [0, 0.1) is 0 Å². The van der Waals surface area contributed by atoms with Gasteiger partial charge < -0.3 is 10.3 Å². The Kier molecular flexibility index (Phi) is 6.73. The van der Waals surface area contributed by atoms with Gasteiger partial charge in [-0.05, 0) is 48.0 Å². The number of hydrogen-bond acceptors (Lipinski definition) is 4. The number of anilines is 1. The lowest BCUT2D eigenvalue weighted by atomic mass is 10.0. The van der Waals surface area contributed by atoms with Gasteiger partial charge in [-0.2, -0.15) is 0 Å². The minimum absolute atomic E-state index is 0.0225. The SMILES string of the molecule is O=C(CSCc1ccccc1)Nc1ccc(-c2nc3ccc(C(=O)c4ccccc4)cc3[nH]2)cc1. The molecule has 5 aromatic rings. The van der Waals surface area contributed by atoms with Crippen LogP contribution >= 0.6 is 11.8 Å². The molecule has 5 nitrogen and oxygen atoms in total. The Morgan fingerprint density at radius 3 is 2.26 bits per heavy atom. The average Bonchev–Trinajstić information content (AvgIpc) is 3.33. The van der Waals surface area contributed by atoms with E-state index in [4.69, 9.17) is 0 Å². The summed E-state index contributed by atoms with van der Waals surface area (Å²) in [6, 6.07) is 32.4. The van der Waals surface area contributed by atoms with Gasteiger partial charge in [-0.3, -0.25) is 9.59 Å². The molecule has 5 rings (SSSR count). The Hall–Kier alpha value is -4.16. The number of thioether (sulfide) groups is 1. The van der Waals surface area contributed by atoms with Crippen LogP contribution in [0.15, 0.2) is 103 Å². The monoisotopic (exact) mass is 477 g/mol. The van der Waals surface area contributed by atoms with Gasteiger partial charge in [-0.1, -0.05) is 60.7 Å². The molecule has 1 heterocycles. The van der Waals surface area contributed by atoms with Crippen molar-refractivity contribution in [2.45, 2.75) is 5.75 Å². The minimum Gasteiger partial charge on any atom is -0.338 e. The molecule has 1 aromatic heterocycles. The number of fused-ring (bicyclic) bond motifs is 1. The largest absolute Gasteiger partial charge is 0.338 e. The summed E-state index contributed by atoms with van der Waals surface area (Å²) in [6.07, 6.45) is 0. The van der Waals surface area contributed by atoms with Gasteiger partial charge in [0.25, 0.3) is 0 Å². The first-order chi connectivity index (χ1) is 17.2. The van der Waals surface area contributed by atoms with Crippen LogP contribution in [0.2, 0.25) is 0 Å². The molecule has 0 aliphatic carbocycles. The van der Waals surface area contributed by atoms with Crippen LogP contribution in [-0.4, -0.2) is 27.4 Å². The Labute approximate surface area is 207 Å². The number of benzene rings is 4. The number of nitrogens with zero attached hydrogens (tertiary/aromatic N) is 1. The van der Waals surface area contributed by atoms with Gasteiger partial charge in [0.05, 0.1) is 16.8 Å². The molecule has 0 fully saturated rings. The Morgan fingerprint density at radius 2 is 1.51 bits per heavy atom. The molecule has 35 heavy (non-hydrogen) atoms. The fourth-order valence-corrected chi connectivity index (χ4v) is 4.58. The lowest BCUT2D eigenvalue weighted by Gasteiger charge is -2.06. The van der Waals surface area contributed by atoms with E-state index in [1.807, 2.05) is 84.9 Å². The molecule has 0 unspecified atom stereocenters. The third-order valence-electron chi connectivity index (χ3n) is 5.57. The van der Waals surface area contributed by atoms with Crippen molar-refractivity contribution in [3.05, 3.63) is 120 Å². The van der Waals surface area contributed by atoms with Crippen molar-refractivity contribution >= 4 is 40.2 Å². The number of amides is 1. The molecule has 0 atom stereocenters. The van der Waals surface area contributed by atoms with E-state index >= 15 is 0 Å². The second kappa shape index (κ2) is 10.4. The van der Waals surface area contributed by atoms with E-state index in [1.165, 1.54) is 5.56 Å². The number of carbonyl (C=O) groups excluding carboxylic acids is 2. The molecular weight excluding hydrogens is 454 g/mol. The first-order valence-corrected chi connectivity index (χ1v) is 12.4. The highest BCUT2D eigenvalue weighted by atomic mass is 32.2. The lowest BCUT2D eigenvalue weighted by molar-refractivity contribution is -0.113. The zero-order valence-electron chi connectivity index (χ0n) is 18.9. The fraction of sp³-hybridized carbons (Fsp3) is 0.0690. The maximum atomic E-state index is 12.8. The Morgan fingerprint density at radius 1 is 0.800 bits per heavy atom. The number of aromatic amines is 1. The smallest absolute Gasteiger partial charge is 0.234 e. The van der Waals surface area contributed by atoms with Gasteiger partial charge in [-0.15, -0.1) is 11.8 Å². The first-order valence-electron chi connectivity index (χ1n) is 11.3. The van der Waals surface area contributed by atoms with Crippen molar-refractivity contribution in [1.29, 1.82) is 0 Å². The molecule has 0 aliphatic heterocycles. The topological polar surface area (TPSA) is 74.8 Å². The van der Waals surface area contributed by atoms with Crippen LogP contribution in [0.5, 0.6) is 0 Å². The van der Waals surface area contributed by atoms with E-state index < -0.39 is 0 Å². The van der Waals surface area contributed by atoms with E-state index in [2.05, 4.69) is 27.4 Å². The summed E-state index contributed by atoms with van der Waals surface area (Å²) >= 11 is 1.59. The van der Waals surface area contributed by atoms with Crippen molar-refractivity contribution < 1.29 is 9.59 Å². The molecule has 0 spiro atoms. The molecule has 0 aliphatic rings. The minimum atomic E-state index is -0.0296. The highest BCUT2D eigenvalue weighted by Crippen LogP contribution is 2.24. The molecule has 172 valence electrons. The number of ketones is 1. The summed E-state index contributed by atoms with van der Waals surface area (Å²) in [5.74, 6) is 1.85. The summed E-state index contributed by atoms with van der Waals surface area (Å²) < 4.78 is 0. The first kappa shape index (κ1) is 22.6. The van der Waals surface area contributed by atoms with Crippen LogP contribution in [0.25, 0.3) is 22.4 Å². The number of aromatic nitrogens is 2. The standard InChI is InChI=1S/C29H23N3O2S/c33-27(19-35-18-20-7-3-1-4-8-20)30-24-14-11-22(12-15-24)29-31-25-16-13-23(17-26(25)32-29)28(34)21-9-5-2-6-10-21/h1-17H,18-19H2,(H,30,33)(H,31,32). The third kappa shape index (κ3) is 5.50. The third-order valence-corrected chi connectivity index (χ3v) is 6.57. The van der Waals surface area contributed by atoms with Gasteiger partial charge in [0.15, 0.2) is 5.78 Å². The molecule has 2 N–H and O–H groups in total. The number of carbonyl (C=O) groups is 2. The van der Waals surface area contributed by atoms with E-state index in [1.54, 1.807) is 17.8 Å². The summed E-state index contributed by atoms with van der Waals surface area (Å²) in [5.41, 5.74) is 5.70. The van der Waals surface area contributed by atoms with Gasteiger partial charge in [0.2, 0.25) is 5.91 Å². The summed E-state index contributed by atoms with van der Waals surface area (Å²) in [4.78, 5) is 33.0. The molecule has 0 bridgehead atoms. The van der Waals surface area contributed by atoms with Crippen LogP contribution in [0.3, 0.4) is 0 Å². The van der Waals surface area contributed by atoms with Crippen LogP contribution in [0.4, 0.5) is 5.69 Å². The van der Waals surface area contributed by atoms with E-state index in [9.17, 15) is 9.59 Å². The van der Waals surface area contributed by atoms with E-state index in [0.717, 1.165) is 28.0 Å². The van der Waals surface area contributed by atoms with Gasteiger partial charge in [0, 0.05) is 28.1 Å². The number of nitrogens with one attached hydrogen (secondary N) is 2. The normalized spacial score (nSPS) is 10.9. The number of hydrogen-bond donors (Lipinski definition) is 2. The van der Waals surface area contributed by atoms with Crippen molar-refractivity contribution in [1.82, 2.24) is 9.97 Å². The molecule has 0 radical (unpaired) electrons. The highest BCUT2D eigenvalue weighted by Gasteiger charge is 2.12.